The Labute approximate surface area is 177 Å². The summed E-state index contributed by atoms with van der Waals surface area (Å²) >= 11 is 6.12. The number of aryl methyl sites for hydroxylation is 1. The van der Waals surface area contributed by atoms with Crippen molar-refractivity contribution < 1.29 is 17.9 Å². The molecule has 1 N–H and O–H groups in total. The molecule has 2 aromatic rings. The van der Waals surface area contributed by atoms with E-state index < -0.39 is 10.0 Å². The quantitative estimate of drug-likeness (QED) is 0.574. The molecule has 0 fully saturated rings. The first-order valence-electron chi connectivity index (χ1n) is 9.41. The minimum Gasteiger partial charge on any atom is -0.491 e. The molecule has 8 heteroatoms. The number of rotatable bonds is 10. The van der Waals surface area contributed by atoms with Gasteiger partial charge in [-0.05, 0) is 62.6 Å². The molecule has 0 spiro atoms. The molecule has 0 heterocycles. The minimum atomic E-state index is -3.61. The van der Waals surface area contributed by atoms with Gasteiger partial charge in [-0.15, -0.1) is 0 Å². The number of nitrogens with one attached hydrogen (secondary N) is 1. The predicted molar refractivity (Wildman–Crippen MR) is 117 cm³/mol. The maximum Gasteiger partial charge on any atom is 0.240 e. The zero-order valence-corrected chi connectivity index (χ0v) is 18.5. The number of carbonyl (C=O) groups is 1. The van der Waals surface area contributed by atoms with E-state index in [0.717, 1.165) is 22.5 Å². The average molecular weight is 439 g/mol. The van der Waals surface area contributed by atoms with Crippen LogP contribution in [0.5, 0.6) is 5.75 Å². The third-order valence-corrected chi connectivity index (χ3v) is 5.60. The van der Waals surface area contributed by atoms with Crippen molar-refractivity contribution >= 4 is 33.2 Å². The fraction of sp³-hybridized carbons (Fsp3) is 0.381. The molecule has 0 aliphatic rings. The monoisotopic (exact) mass is 438 g/mol. The molecule has 1 amide bonds. The van der Waals surface area contributed by atoms with Gasteiger partial charge in [0.1, 0.15) is 12.3 Å². The topological polar surface area (TPSA) is 75.7 Å². The molecule has 2 aromatic carbocycles. The lowest BCUT2D eigenvalue weighted by molar-refractivity contribution is -0.119. The van der Waals surface area contributed by atoms with Crippen LogP contribution in [-0.4, -0.2) is 39.8 Å². The molecule has 2 rings (SSSR count). The standard InChI is InChI=1S/C21H27ClN2O4S/c1-16(2)28-19-12-10-18(11-13-19)24(29(3,26)27)15-21(25)23-14-6-8-17-7-4-5-9-20(17)22/h4-5,7,9-13,16H,6,8,14-15H2,1-3H3,(H,23,25). The van der Waals surface area contributed by atoms with Gasteiger partial charge in [-0.2, -0.15) is 0 Å². The molecular formula is C21H27ClN2O4S. The van der Waals surface area contributed by atoms with Crippen molar-refractivity contribution in [3.8, 4) is 5.75 Å². The van der Waals surface area contributed by atoms with Crippen LogP contribution >= 0.6 is 11.6 Å². The van der Waals surface area contributed by atoms with Gasteiger partial charge in [0.2, 0.25) is 15.9 Å². The molecule has 0 bridgehead atoms. The van der Waals surface area contributed by atoms with Crippen LogP contribution in [0.1, 0.15) is 25.8 Å². The molecular weight excluding hydrogens is 412 g/mol. The number of ether oxygens (including phenoxy) is 1. The van der Waals surface area contributed by atoms with Crippen LogP contribution in [0.15, 0.2) is 48.5 Å². The second kappa shape index (κ2) is 10.5. The van der Waals surface area contributed by atoms with E-state index >= 15 is 0 Å². The number of halogens is 1. The maximum absolute atomic E-state index is 12.3. The predicted octanol–water partition coefficient (Wildman–Crippen LogP) is 3.64. The number of benzene rings is 2. The Morgan fingerprint density at radius 1 is 1.14 bits per heavy atom. The molecule has 0 radical (unpaired) electrons. The van der Waals surface area contributed by atoms with Crippen molar-refractivity contribution in [2.45, 2.75) is 32.8 Å². The second-order valence-electron chi connectivity index (χ2n) is 6.98. The Morgan fingerprint density at radius 3 is 2.38 bits per heavy atom. The number of sulfonamides is 1. The van der Waals surface area contributed by atoms with Gasteiger partial charge in [-0.3, -0.25) is 9.10 Å². The minimum absolute atomic E-state index is 0.0170. The third kappa shape index (κ3) is 7.59. The van der Waals surface area contributed by atoms with Crippen molar-refractivity contribution in [1.82, 2.24) is 5.32 Å². The van der Waals surface area contributed by atoms with E-state index in [2.05, 4.69) is 5.32 Å². The molecule has 0 saturated carbocycles. The summed E-state index contributed by atoms with van der Waals surface area (Å²) in [5.41, 5.74) is 1.43. The normalized spacial score (nSPS) is 11.3. The van der Waals surface area contributed by atoms with Gasteiger partial charge < -0.3 is 10.1 Å². The number of anilines is 1. The summed E-state index contributed by atoms with van der Waals surface area (Å²) in [5.74, 6) is 0.276. The fourth-order valence-electron chi connectivity index (χ4n) is 2.76. The summed E-state index contributed by atoms with van der Waals surface area (Å²) in [5, 5.41) is 3.47. The molecule has 29 heavy (non-hydrogen) atoms. The highest BCUT2D eigenvalue weighted by Gasteiger charge is 2.20. The molecule has 6 nitrogen and oxygen atoms in total. The molecule has 0 atom stereocenters. The number of carbonyl (C=O) groups excluding carboxylic acids is 1. The molecule has 0 aromatic heterocycles. The van der Waals surface area contributed by atoms with E-state index in [9.17, 15) is 13.2 Å². The Morgan fingerprint density at radius 2 is 1.79 bits per heavy atom. The maximum atomic E-state index is 12.3. The van der Waals surface area contributed by atoms with Gasteiger partial charge in [0.15, 0.2) is 0 Å². The van der Waals surface area contributed by atoms with Gasteiger partial charge in [0.25, 0.3) is 0 Å². The van der Waals surface area contributed by atoms with Crippen LogP contribution in [0.2, 0.25) is 5.02 Å². The van der Waals surface area contributed by atoms with Crippen molar-refractivity contribution in [3.05, 3.63) is 59.1 Å². The van der Waals surface area contributed by atoms with Gasteiger partial charge in [-0.1, -0.05) is 29.8 Å². The zero-order chi connectivity index (χ0) is 21.4. The lowest BCUT2D eigenvalue weighted by Gasteiger charge is -2.22. The van der Waals surface area contributed by atoms with Gasteiger partial charge in [0.05, 0.1) is 18.0 Å². The van der Waals surface area contributed by atoms with Crippen LogP contribution in [0, 0.1) is 0 Å². The highest BCUT2D eigenvalue weighted by molar-refractivity contribution is 7.92. The first-order chi connectivity index (χ1) is 13.7. The Kier molecular flexibility index (Phi) is 8.34. The molecule has 0 unspecified atom stereocenters. The molecule has 0 saturated heterocycles. The SMILES string of the molecule is CC(C)Oc1ccc(N(CC(=O)NCCCc2ccccc2Cl)S(C)(=O)=O)cc1. The summed E-state index contributed by atoms with van der Waals surface area (Å²) in [6.45, 7) is 3.97. The van der Waals surface area contributed by atoms with E-state index in [-0.39, 0.29) is 18.6 Å². The van der Waals surface area contributed by atoms with E-state index in [0.29, 0.717) is 29.4 Å². The first kappa shape index (κ1) is 23.0. The molecule has 0 aliphatic carbocycles. The first-order valence-corrected chi connectivity index (χ1v) is 11.6. The third-order valence-electron chi connectivity index (χ3n) is 4.09. The van der Waals surface area contributed by atoms with Crippen molar-refractivity contribution in [3.63, 3.8) is 0 Å². The van der Waals surface area contributed by atoms with Crippen molar-refractivity contribution in [2.75, 3.05) is 23.7 Å². The van der Waals surface area contributed by atoms with Crippen LogP contribution < -0.4 is 14.4 Å². The number of hydrogen-bond donors (Lipinski definition) is 1. The molecule has 0 aliphatic heterocycles. The number of amides is 1. The summed E-state index contributed by atoms with van der Waals surface area (Å²) in [7, 11) is -3.61. The highest BCUT2D eigenvalue weighted by Crippen LogP contribution is 2.22. The summed E-state index contributed by atoms with van der Waals surface area (Å²) in [4.78, 5) is 12.3. The van der Waals surface area contributed by atoms with Crippen LogP contribution in [0.3, 0.4) is 0 Å². The second-order valence-corrected chi connectivity index (χ2v) is 9.29. The van der Waals surface area contributed by atoms with Crippen molar-refractivity contribution in [2.24, 2.45) is 0 Å². The summed E-state index contributed by atoms with van der Waals surface area (Å²) in [6.07, 6.45) is 2.53. The zero-order valence-electron chi connectivity index (χ0n) is 16.9. The Bertz CT molecular complexity index is 915. The summed E-state index contributed by atoms with van der Waals surface area (Å²) < 4.78 is 31.0. The highest BCUT2D eigenvalue weighted by atomic mass is 35.5. The Hall–Kier alpha value is -2.25. The number of nitrogens with zero attached hydrogens (tertiary/aromatic N) is 1. The summed E-state index contributed by atoms with van der Waals surface area (Å²) in [6, 6.07) is 14.2. The van der Waals surface area contributed by atoms with E-state index in [1.165, 1.54) is 0 Å². The Balaban J connectivity index is 1.92. The molecule has 158 valence electrons. The van der Waals surface area contributed by atoms with Gasteiger partial charge in [0, 0.05) is 11.6 Å². The lowest BCUT2D eigenvalue weighted by Crippen LogP contribution is -2.40. The van der Waals surface area contributed by atoms with Crippen LogP contribution in [0.4, 0.5) is 5.69 Å². The van der Waals surface area contributed by atoms with E-state index in [1.807, 2.05) is 38.1 Å². The average Bonchev–Trinajstić information content (AvgIpc) is 2.64. The van der Waals surface area contributed by atoms with Gasteiger partial charge >= 0.3 is 0 Å². The van der Waals surface area contributed by atoms with E-state index in [4.69, 9.17) is 16.3 Å². The van der Waals surface area contributed by atoms with Crippen LogP contribution in [-0.2, 0) is 21.2 Å². The number of hydrogen-bond acceptors (Lipinski definition) is 4. The largest absolute Gasteiger partial charge is 0.491 e. The van der Waals surface area contributed by atoms with Crippen LogP contribution in [0.25, 0.3) is 0 Å². The smallest absolute Gasteiger partial charge is 0.240 e. The van der Waals surface area contributed by atoms with E-state index in [1.54, 1.807) is 24.3 Å². The fourth-order valence-corrected chi connectivity index (χ4v) is 3.84. The lowest BCUT2D eigenvalue weighted by atomic mass is 10.1. The van der Waals surface area contributed by atoms with Gasteiger partial charge in [-0.25, -0.2) is 8.42 Å². The van der Waals surface area contributed by atoms with Crippen molar-refractivity contribution in [1.29, 1.82) is 0 Å².